The maximum atomic E-state index is 11.1. The molecule has 0 aliphatic carbocycles. The molecule has 1 amide bonds. The third-order valence-corrected chi connectivity index (χ3v) is 1.78. The van der Waals surface area contributed by atoms with E-state index in [0.29, 0.717) is 0 Å². The lowest BCUT2D eigenvalue weighted by Gasteiger charge is -2.08. The molecule has 0 fully saturated rings. The first kappa shape index (κ1) is 11.5. The Labute approximate surface area is 77.2 Å². The molecule has 0 aromatic carbocycles. The lowest BCUT2D eigenvalue weighted by atomic mass is 10.1. The van der Waals surface area contributed by atoms with E-state index in [9.17, 15) is 4.79 Å². The fourth-order valence-corrected chi connectivity index (χ4v) is 0.926. The zero-order valence-electron chi connectivity index (χ0n) is 8.68. The summed E-state index contributed by atoms with van der Waals surface area (Å²) in [7, 11) is 0. The molecule has 0 unspecified atom stereocenters. The number of rotatable bonds is 5. The van der Waals surface area contributed by atoms with Gasteiger partial charge in [-0.05, 0) is 18.8 Å². The van der Waals surface area contributed by atoms with Crippen LogP contribution in [0.3, 0.4) is 0 Å². The minimum absolute atomic E-state index is 0. The van der Waals surface area contributed by atoms with Crippen LogP contribution in [0.4, 0.5) is 0 Å². The van der Waals surface area contributed by atoms with Crippen LogP contribution < -0.4 is 5.32 Å². The van der Waals surface area contributed by atoms with Crippen molar-refractivity contribution >= 4 is 5.91 Å². The summed E-state index contributed by atoms with van der Waals surface area (Å²) in [5.74, 6) is 1.02. The van der Waals surface area contributed by atoms with Crippen LogP contribution in [0.2, 0.25) is 0 Å². The SMILES string of the molecule is CC(C)CCCNC(=O)C(C)C.[HH]. The van der Waals surface area contributed by atoms with Crippen molar-refractivity contribution in [2.24, 2.45) is 11.8 Å². The first-order chi connectivity index (χ1) is 5.54. The predicted octanol–water partition coefficient (Wildman–Crippen LogP) is 2.44. The molecule has 0 saturated heterocycles. The van der Waals surface area contributed by atoms with E-state index < -0.39 is 0 Å². The van der Waals surface area contributed by atoms with E-state index in [4.69, 9.17) is 0 Å². The lowest BCUT2D eigenvalue weighted by molar-refractivity contribution is -0.123. The topological polar surface area (TPSA) is 29.1 Å². The van der Waals surface area contributed by atoms with E-state index in [1.54, 1.807) is 0 Å². The molecule has 12 heavy (non-hydrogen) atoms. The Hall–Kier alpha value is -0.530. The molecule has 0 aliphatic rings. The molecule has 0 spiro atoms. The molecule has 0 aromatic rings. The van der Waals surface area contributed by atoms with Crippen molar-refractivity contribution in [2.75, 3.05) is 6.54 Å². The number of carbonyl (C=O) groups is 1. The summed E-state index contributed by atoms with van der Waals surface area (Å²) in [4.78, 5) is 11.1. The predicted molar refractivity (Wildman–Crippen MR) is 54.0 cm³/mol. The quantitative estimate of drug-likeness (QED) is 0.636. The van der Waals surface area contributed by atoms with Crippen LogP contribution in [-0.4, -0.2) is 12.5 Å². The van der Waals surface area contributed by atoms with Gasteiger partial charge in [0, 0.05) is 13.9 Å². The zero-order chi connectivity index (χ0) is 9.56. The van der Waals surface area contributed by atoms with Crippen molar-refractivity contribution in [1.82, 2.24) is 5.32 Å². The molecule has 2 nitrogen and oxygen atoms in total. The first-order valence-corrected chi connectivity index (χ1v) is 4.81. The summed E-state index contributed by atoms with van der Waals surface area (Å²) in [5, 5.41) is 2.90. The van der Waals surface area contributed by atoms with Gasteiger partial charge in [-0.2, -0.15) is 0 Å². The smallest absolute Gasteiger partial charge is 0.222 e. The third-order valence-electron chi connectivity index (χ3n) is 1.78. The first-order valence-electron chi connectivity index (χ1n) is 4.81. The summed E-state index contributed by atoms with van der Waals surface area (Å²) in [6.45, 7) is 9.05. The van der Waals surface area contributed by atoms with E-state index >= 15 is 0 Å². The van der Waals surface area contributed by atoms with Gasteiger partial charge in [0.15, 0.2) is 0 Å². The summed E-state index contributed by atoms with van der Waals surface area (Å²) in [6.07, 6.45) is 2.29. The third kappa shape index (κ3) is 6.20. The highest BCUT2D eigenvalue weighted by atomic mass is 16.1. The average molecular weight is 173 g/mol. The Morgan fingerprint density at radius 3 is 2.33 bits per heavy atom. The summed E-state index contributed by atoms with van der Waals surface area (Å²) < 4.78 is 0. The van der Waals surface area contributed by atoms with Crippen molar-refractivity contribution in [3.05, 3.63) is 0 Å². The van der Waals surface area contributed by atoms with Crippen LogP contribution in [0.25, 0.3) is 0 Å². The molecule has 0 atom stereocenters. The van der Waals surface area contributed by atoms with Crippen LogP contribution in [0, 0.1) is 11.8 Å². The van der Waals surface area contributed by atoms with Crippen molar-refractivity contribution in [1.29, 1.82) is 0 Å². The Morgan fingerprint density at radius 1 is 1.33 bits per heavy atom. The van der Waals surface area contributed by atoms with Crippen LogP contribution in [0.1, 0.15) is 42.0 Å². The average Bonchev–Trinajstić information content (AvgIpc) is 1.97. The number of hydrogen-bond donors (Lipinski definition) is 1. The minimum Gasteiger partial charge on any atom is -0.356 e. The Balaban J connectivity index is 0. The van der Waals surface area contributed by atoms with E-state index in [0.717, 1.165) is 18.9 Å². The van der Waals surface area contributed by atoms with Gasteiger partial charge in [-0.3, -0.25) is 4.79 Å². The number of nitrogens with one attached hydrogen (secondary N) is 1. The summed E-state index contributed by atoms with van der Waals surface area (Å²) >= 11 is 0. The lowest BCUT2D eigenvalue weighted by Crippen LogP contribution is -2.28. The number of amides is 1. The van der Waals surface area contributed by atoms with Crippen LogP contribution in [0.15, 0.2) is 0 Å². The summed E-state index contributed by atoms with van der Waals surface area (Å²) in [6, 6.07) is 0. The Bertz CT molecular complexity index is 135. The van der Waals surface area contributed by atoms with Gasteiger partial charge in [0.1, 0.15) is 0 Å². The van der Waals surface area contributed by atoms with Crippen molar-refractivity contribution in [2.45, 2.75) is 40.5 Å². The van der Waals surface area contributed by atoms with Gasteiger partial charge in [0.2, 0.25) is 5.91 Å². The highest BCUT2D eigenvalue weighted by Crippen LogP contribution is 2.02. The van der Waals surface area contributed by atoms with Crippen molar-refractivity contribution in [3.63, 3.8) is 0 Å². The second kappa shape index (κ2) is 6.04. The second-order valence-corrected chi connectivity index (χ2v) is 3.98. The molecule has 2 heteroatoms. The molecule has 0 aromatic heterocycles. The minimum atomic E-state index is 0. The zero-order valence-corrected chi connectivity index (χ0v) is 8.68. The molecular formula is C10H23NO. The maximum absolute atomic E-state index is 11.1. The molecule has 0 rings (SSSR count). The second-order valence-electron chi connectivity index (χ2n) is 3.98. The number of hydrogen-bond acceptors (Lipinski definition) is 1. The fourth-order valence-electron chi connectivity index (χ4n) is 0.926. The standard InChI is InChI=1S/C10H21NO.H2/c1-8(2)6-5-7-11-10(12)9(3)4;/h8-9H,5-7H2,1-4H3,(H,11,12);1H. The van der Waals surface area contributed by atoms with Gasteiger partial charge in [0.05, 0.1) is 0 Å². The molecule has 0 aliphatic heterocycles. The van der Waals surface area contributed by atoms with E-state index in [1.165, 1.54) is 6.42 Å². The van der Waals surface area contributed by atoms with E-state index in [-0.39, 0.29) is 13.3 Å². The highest BCUT2D eigenvalue weighted by Gasteiger charge is 2.04. The van der Waals surface area contributed by atoms with Gasteiger partial charge in [-0.25, -0.2) is 0 Å². The highest BCUT2D eigenvalue weighted by molar-refractivity contribution is 5.77. The molecule has 0 radical (unpaired) electrons. The molecule has 74 valence electrons. The van der Waals surface area contributed by atoms with Gasteiger partial charge >= 0.3 is 0 Å². The normalized spacial score (nSPS) is 10.8. The van der Waals surface area contributed by atoms with Gasteiger partial charge in [0.25, 0.3) is 0 Å². The van der Waals surface area contributed by atoms with E-state index in [2.05, 4.69) is 19.2 Å². The van der Waals surface area contributed by atoms with Crippen LogP contribution in [-0.2, 0) is 4.79 Å². The largest absolute Gasteiger partial charge is 0.356 e. The van der Waals surface area contributed by atoms with Crippen molar-refractivity contribution in [3.8, 4) is 0 Å². The Kier molecular flexibility index (Phi) is 5.77. The molecular weight excluding hydrogens is 150 g/mol. The molecule has 0 heterocycles. The molecule has 0 saturated carbocycles. The summed E-state index contributed by atoms with van der Waals surface area (Å²) in [5.41, 5.74) is 0. The van der Waals surface area contributed by atoms with Gasteiger partial charge < -0.3 is 5.32 Å². The van der Waals surface area contributed by atoms with Gasteiger partial charge in [-0.1, -0.05) is 27.7 Å². The molecule has 0 bridgehead atoms. The van der Waals surface area contributed by atoms with E-state index in [1.807, 2.05) is 13.8 Å². The van der Waals surface area contributed by atoms with Crippen LogP contribution >= 0.6 is 0 Å². The van der Waals surface area contributed by atoms with Crippen molar-refractivity contribution < 1.29 is 6.22 Å². The monoisotopic (exact) mass is 173 g/mol. The Morgan fingerprint density at radius 2 is 1.92 bits per heavy atom. The van der Waals surface area contributed by atoms with Gasteiger partial charge in [-0.15, -0.1) is 0 Å². The fraction of sp³-hybridized carbons (Fsp3) is 0.900. The maximum Gasteiger partial charge on any atom is 0.222 e. The number of carbonyl (C=O) groups excluding carboxylic acids is 1. The van der Waals surface area contributed by atoms with Crippen LogP contribution in [0.5, 0.6) is 0 Å². The molecule has 1 N–H and O–H groups in total.